The van der Waals surface area contributed by atoms with Gasteiger partial charge in [0.2, 0.25) is 0 Å². The van der Waals surface area contributed by atoms with Gasteiger partial charge in [0.25, 0.3) is 0 Å². The number of carboxylic acid groups (broad SMARTS) is 1. The molecule has 2 amide bonds. The third-order valence-corrected chi connectivity index (χ3v) is 3.34. The van der Waals surface area contributed by atoms with Crippen LogP contribution in [-0.4, -0.2) is 54.9 Å². The molecule has 6 heteroatoms. The van der Waals surface area contributed by atoms with E-state index in [0.717, 1.165) is 12.8 Å². The van der Waals surface area contributed by atoms with Gasteiger partial charge in [-0.1, -0.05) is 6.92 Å². The van der Waals surface area contributed by atoms with Gasteiger partial charge in [-0.25, -0.2) is 4.79 Å². The van der Waals surface area contributed by atoms with Crippen molar-refractivity contribution in [2.75, 3.05) is 26.7 Å². The maximum absolute atomic E-state index is 11.9. The van der Waals surface area contributed by atoms with Gasteiger partial charge in [0.1, 0.15) is 0 Å². The Kier molecular flexibility index (Phi) is 5.91. The smallest absolute Gasteiger partial charge is 0.317 e. The number of carboxylic acids is 1. The summed E-state index contributed by atoms with van der Waals surface area (Å²) in [5.74, 6) is -1.39. The Morgan fingerprint density at radius 1 is 1.56 bits per heavy atom. The van der Waals surface area contributed by atoms with Crippen LogP contribution in [0.2, 0.25) is 0 Å². The molecule has 0 spiro atoms. The second-order valence-electron chi connectivity index (χ2n) is 4.58. The average molecular weight is 258 g/mol. The topological polar surface area (TPSA) is 78.9 Å². The molecule has 1 aliphatic rings. The molecular formula is C12H22N2O4. The molecular weight excluding hydrogens is 236 g/mol. The second kappa shape index (κ2) is 7.20. The summed E-state index contributed by atoms with van der Waals surface area (Å²) in [6, 6.07) is -0.198. The number of aliphatic carboxylic acids is 1. The molecule has 1 saturated heterocycles. The highest BCUT2D eigenvalue weighted by Crippen LogP contribution is 2.12. The van der Waals surface area contributed by atoms with E-state index in [1.807, 2.05) is 0 Å². The fraction of sp³-hybridized carbons (Fsp3) is 0.833. The number of amides is 2. The lowest BCUT2D eigenvalue weighted by atomic mass is 10.1. The Bertz CT molecular complexity index is 296. The number of nitrogens with zero attached hydrogens (tertiary/aromatic N) is 1. The van der Waals surface area contributed by atoms with E-state index in [0.29, 0.717) is 19.5 Å². The highest BCUT2D eigenvalue weighted by molar-refractivity contribution is 5.76. The average Bonchev–Trinajstić information content (AvgIpc) is 2.38. The number of carbonyl (C=O) groups is 2. The standard InChI is InChI=1S/C12H22N2O4/c1-3-9(11(15)16)7-13-12(17)14-6-4-5-10(8-14)18-2/h9-10H,3-8H2,1-2H3,(H,13,17)(H,15,16). The summed E-state index contributed by atoms with van der Waals surface area (Å²) < 4.78 is 5.24. The Labute approximate surface area is 107 Å². The van der Waals surface area contributed by atoms with Crippen molar-refractivity contribution in [2.45, 2.75) is 32.3 Å². The van der Waals surface area contributed by atoms with E-state index in [1.165, 1.54) is 0 Å². The summed E-state index contributed by atoms with van der Waals surface area (Å²) >= 11 is 0. The van der Waals surface area contributed by atoms with Crippen LogP contribution in [0.3, 0.4) is 0 Å². The van der Waals surface area contributed by atoms with Crippen molar-refractivity contribution in [3.05, 3.63) is 0 Å². The molecule has 0 aromatic heterocycles. The van der Waals surface area contributed by atoms with Crippen LogP contribution >= 0.6 is 0 Å². The SMILES string of the molecule is CCC(CNC(=O)N1CCCC(OC)C1)C(=O)O. The van der Waals surface area contributed by atoms with E-state index in [4.69, 9.17) is 9.84 Å². The minimum Gasteiger partial charge on any atom is -0.481 e. The molecule has 104 valence electrons. The highest BCUT2D eigenvalue weighted by atomic mass is 16.5. The van der Waals surface area contributed by atoms with Crippen molar-refractivity contribution in [3.8, 4) is 0 Å². The molecule has 0 saturated carbocycles. The molecule has 0 aromatic carbocycles. The first-order chi connectivity index (χ1) is 8.58. The number of rotatable bonds is 5. The van der Waals surface area contributed by atoms with E-state index >= 15 is 0 Å². The van der Waals surface area contributed by atoms with Crippen molar-refractivity contribution in [1.29, 1.82) is 0 Å². The van der Waals surface area contributed by atoms with Crippen molar-refractivity contribution in [2.24, 2.45) is 5.92 Å². The van der Waals surface area contributed by atoms with Crippen LogP contribution in [0.15, 0.2) is 0 Å². The molecule has 6 nitrogen and oxygen atoms in total. The first kappa shape index (κ1) is 14.8. The highest BCUT2D eigenvalue weighted by Gasteiger charge is 2.24. The fourth-order valence-electron chi connectivity index (χ4n) is 2.04. The maximum atomic E-state index is 11.9. The molecule has 18 heavy (non-hydrogen) atoms. The number of ether oxygens (including phenoxy) is 1. The summed E-state index contributed by atoms with van der Waals surface area (Å²) in [6.07, 6.45) is 2.48. The third-order valence-electron chi connectivity index (χ3n) is 3.34. The predicted molar refractivity (Wildman–Crippen MR) is 66.4 cm³/mol. The maximum Gasteiger partial charge on any atom is 0.317 e. The first-order valence-corrected chi connectivity index (χ1v) is 6.36. The van der Waals surface area contributed by atoms with E-state index in [2.05, 4.69) is 5.32 Å². The Hall–Kier alpha value is -1.30. The fourth-order valence-corrected chi connectivity index (χ4v) is 2.04. The normalized spacial score (nSPS) is 21.4. The molecule has 1 fully saturated rings. The minimum absolute atomic E-state index is 0.0888. The predicted octanol–water partition coefficient (Wildman–Crippen LogP) is 0.918. The lowest BCUT2D eigenvalue weighted by molar-refractivity contribution is -0.141. The van der Waals surface area contributed by atoms with Gasteiger partial charge in [-0.15, -0.1) is 0 Å². The van der Waals surface area contributed by atoms with Crippen molar-refractivity contribution in [3.63, 3.8) is 0 Å². The summed E-state index contributed by atoms with van der Waals surface area (Å²) in [7, 11) is 1.64. The van der Waals surface area contributed by atoms with Gasteiger partial charge in [-0.3, -0.25) is 4.79 Å². The van der Waals surface area contributed by atoms with Crippen LogP contribution in [0.5, 0.6) is 0 Å². The molecule has 2 atom stereocenters. The summed E-state index contributed by atoms with van der Waals surface area (Å²) in [4.78, 5) is 24.4. The van der Waals surface area contributed by atoms with Crippen LogP contribution in [0.25, 0.3) is 0 Å². The van der Waals surface area contributed by atoms with Crippen molar-refractivity contribution in [1.82, 2.24) is 10.2 Å². The molecule has 2 N–H and O–H groups in total. The van der Waals surface area contributed by atoms with Crippen LogP contribution < -0.4 is 5.32 Å². The second-order valence-corrected chi connectivity index (χ2v) is 4.58. The minimum atomic E-state index is -0.869. The van der Waals surface area contributed by atoms with E-state index < -0.39 is 11.9 Å². The summed E-state index contributed by atoms with van der Waals surface area (Å²) in [6.45, 7) is 3.26. The van der Waals surface area contributed by atoms with Crippen LogP contribution in [0.1, 0.15) is 26.2 Å². The lowest BCUT2D eigenvalue weighted by Crippen LogP contribution is -2.48. The van der Waals surface area contributed by atoms with E-state index in [9.17, 15) is 9.59 Å². The number of methoxy groups -OCH3 is 1. The van der Waals surface area contributed by atoms with Gasteiger partial charge in [-0.2, -0.15) is 0 Å². The quantitative estimate of drug-likeness (QED) is 0.768. The Morgan fingerprint density at radius 2 is 2.28 bits per heavy atom. The van der Waals surface area contributed by atoms with Crippen molar-refractivity contribution < 1.29 is 19.4 Å². The van der Waals surface area contributed by atoms with Crippen LogP contribution in [0, 0.1) is 5.92 Å². The molecule has 2 unspecified atom stereocenters. The monoisotopic (exact) mass is 258 g/mol. The number of nitrogens with one attached hydrogen (secondary N) is 1. The molecule has 1 heterocycles. The molecule has 0 aliphatic carbocycles. The molecule has 0 aromatic rings. The zero-order valence-corrected chi connectivity index (χ0v) is 11.0. The van der Waals surface area contributed by atoms with Gasteiger partial charge in [0.05, 0.1) is 12.0 Å². The lowest BCUT2D eigenvalue weighted by Gasteiger charge is -2.32. The van der Waals surface area contributed by atoms with Crippen LogP contribution in [-0.2, 0) is 9.53 Å². The molecule has 0 radical (unpaired) electrons. The first-order valence-electron chi connectivity index (χ1n) is 6.36. The number of carbonyl (C=O) groups excluding carboxylic acids is 1. The summed E-state index contributed by atoms with van der Waals surface area (Å²) in [5.41, 5.74) is 0. The molecule has 1 rings (SSSR count). The van der Waals surface area contributed by atoms with Crippen molar-refractivity contribution >= 4 is 12.0 Å². The molecule has 0 bridgehead atoms. The number of hydrogen-bond donors (Lipinski definition) is 2. The van der Waals surface area contributed by atoms with Crippen LogP contribution in [0.4, 0.5) is 4.79 Å². The van der Waals surface area contributed by atoms with Gasteiger partial charge in [0.15, 0.2) is 0 Å². The van der Waals surface area contributed by atoms with Gasteiger partial charge < -0.3 is 20.1 Å². The van der Waals surface area contributed by atoms with E-state index in [1.54, 1.807) is 18.9 Å². The molecule has 1 aliphatic heterocycles. The number of urea groups is 1. The van der Waals surface area contributed by atoms with Gasteiger partial charge in [-0.05, 0) is 19.3 Å². The van der Waals surface area contributed by atoms with E-state index in [-0.39, 0.29) is 18.7 Å². The Balaban J connectivity index is 2.38. The summed E-state index contributed by atoms with van der Waals surface area (Å²) in [5, 5.41) is 11.6. The Morgan fingerprint density at radius 3 is 2.83 bits per heavy atom. The number of piperidine rings is 1. The number of likely N-dealkylation sites (tertiary alicyclic amines) is 1. The largest absolute Gasteiger partial charge is 0.481 e. The third kappa shape index (κ3) is 4.18. The number of hydrogen-bond acceptors (Lipinski definition) is 3. The van der Waals surface area contributed by atoms with Gasteiger partial charge in [0, 0.05) is 26.7 Å². The zero-order valence-electron chi connectivity index (χ0n) is 11.0. The zero-order chi connectivity index (χ0) is 13.5. The van der Waals surface area contributed by atoms with Gasteiger partial charge >= 0.3 is 12.0 Å².